The average Bonchev–Trinajstić information content (AvgIpc) is 2.93. The number of rotatable bonds is 3. The van der Waals surface area contributed by atoms with Crippen molar-refractivity contribution in [2.45, 2.75) is 38.1 Å². The smallest absolute Gasteiger partial charge is 0.0317 e. The topological polar surface area (TPSA) is 41.3 Å². The molecule has 0 aliphatic carbocycles. The van der Waals surface area contributed by atoms with Crippen LogP contribution in [0.25, 0.3) is 0 Å². The molecule has 2 saturated heterocycles. The summed E-state index contributed by atoms with van der Waals surface area (Å²) in [4.78, 5) is 2.57. The van der Waals surface area contributed by atoms with Crippen molar-refractivity contribution in [3.8, 4) is 0 Å². The van der Waals surface area contributed by atoms with Gasteiger partial charge >= 0.3 is 0 Å². The molecule has 0 atom stereocenters. The molecule has 3 heteroatoms. The standard InChI is InChI=1S/C16H25N3/c17-15-3-4-16(13-5-7-18-8-6-13)14(11-15)12-19-9-1-2-10-19/h3-4,11,13,18H,1-2,5-10,12,17H2. The van der Waals surface area contributed by atoms with Gasteiger partial charge in [0.1, 0.15) is 0 Å². The second kappa shape index (κ2) is 5.93. The van der Waals surface area contributed by atoms with Crippen LogP contribution in [-0.4, -0.2) is 31.1 Å². The van der Waals surface area contributed by atoms with Crippen molar-refractivity contribution in [1.82, 2.24) is 10.2 Å². The van der Waals surface area contributed by atoms with Gasteiger partial charge in [-0.15, -0.1) is 0 Å². The lowest BCUT2D eigenvalue weighted by Crippen LogP contribution is -2.28. The van der Waals surface area contributed by atoms with E-state index in [0.29, 0.717) is 0 Å². The first kappa shape index (κ1) is 12.9. The zero-order valence-corrected chi connectivity index (χ0v) is 11.7. The predicted octanol–water partition coefficient (Wildman–Crippen LogP) is 2.33. The van der Waals surface area contributed by atoms with E-state index in [2.05, 4.69) is 28.4 Å². The van der Waals surface area contributed by atoms with E-state index in [1.54, 1.807) is 5.56 Å². The third kappa shape index (κ3) is 3.10. The van der Waals surface area contributed by atoms with E-state index < -0.39 is 0 Å². The number of likely N-dealkylation sites (tertiary alicyclic amines) is 1. The van der Waals surface area contributed by atoms with E-state index in [9.17, 15) is 0 Å². The van der Waals surface area contributed by atoms with Gasteiger partial charge in [0.05, 0.1) is 0 Å². The molecular weight excluding hydrogens is 234 g/mol. The highest BCUT2D eigenvalue weighted by Crippen LogP contribution is 2.30. The summed E-state index contributed by atoms with van der Waals surface area (Å²) in [5, 5.41) is 3.45. The number of hydrogen-bond donors (Lipinski definition) is 2. The number of anilines is 1. The quantitative estimate of drug-likeness (QED) is 0.819. The van der Waals surface area contributed by atoms with Gasteiger partial charge in [-0.3, -0.25) is 4.90 Å². The monoisotopic (exact) mass is 259 g/mol. The Labute approximate surface area is 116 Å². The lowest BCUT2D eigenvalue weighted by Gasteiger charge is -2.27. The van der Waals surface area contributed by atoms with Crippen LogP contribution in [-0.2, 0) is 6.54 Å². The van der Waals surface area contributed by atoms with Gasteiger partial charge < -0.3 is 11.1 Å². The van der Waals surface area contributed by atoms with Crippen molar-refractivity contribution < 1.29 is 0 Å². The largest absolute Gasteiger partial charge is 0.399 e. The molecule has 3 N–H and O–H groups in total. The first-order chi connectivity index (χ1) is 9.33. The number of nitrogen functional groups attached to an aromatic ring is 1. The molecule has 2 heterocycles. The van der Waals surface area contributed by atoms with Crippen LogP contribution in [0.5, 0.6) is 0 Å². The molecule has 19 heavy (non-hydrogen) atoms. The highest BCUT2D eigenvalue weighted by atomic mass is 15.1. The molecule has 0 bridgehead atoms. The van der Waals surface area contributed by atoms with Gasteiger partial charge in [-0.05, 0) is 81.0 Å². The Kier molecular flexibility index (Phi) is 4.04. The molecule has 0 aromatic heterocycles. The second-order valence-electron chi connectivity index (χ2n) is 5.97. The number of nitrogens with one attached hydrogen (secondary N) is 1. The Bertz CT molecular complexity index is 418. The fourth-order valence-corrected chi connectivity index (χ4v) is 3.48. The first-order valence-electron chi connectivity index (χ1n) is 7.64. The number of benzene rings is 1. The minimum atomic E-state index is 0.722. The fourth-order valence-electron chi connectivity index (χ4n) is 3.48. The summed E-state index contributed by atoms with van der Waals surface area (Å²) >= 11 is 0. The molecule has 2 fully saturated rings. The van der Waals surface area contributed by atoms with Crippen molar-refractivity contribution in [2.75, 3.05) is 31.9 Å². The SMILES string of the molecule is Nc1ccc(C2CCNCC2)c(CN2CCCC2)c1. The maximum absolute atomic E-state index is 6.00. The normalized spacial score (nSPS) is 21.9. The fraction of sp³-hybridized carbons (Fsp3) is 0.625. The van der Waals surface area contributed by atoms with Gasteiger partial charge in [-0.1, -0.05) is 6.07 Å². The summed E-state index contributed by atoms with van der Waals surface area (Å²) in [6, 6.07) is 6.55. The molecule has 2 aliphatic rings. The minimum absolute atomic E-state index is 0.722. The molecule has 0 spiro atoms. The molecule has 3 nitrogen and oxygen atoms in total. The average molecular weight is 259 g/mol. The van der Waals surface area contributed by atoms with Crippen LogP contribution in [0.1, 0.15) is 42.7 Å². The van der Waals surface area contributed by atoms with Crippen LogP contribution in [0.3, 0.4) is 0 Å². The summed E-state index contributed by atoms with van der Waals surface area (Å²) in [5.41, 5.74) is 9.92. The molecule has 0 saturated carbocycles. The molecule has 2 aliphatic heterocycles. The van der Waals surface area contributed by atoms with Gasteiger partial charge in [0, 0.05) is 12.2 Å². The summed E-state index contributed by atoms with van der Waals surface area (Å²) in [6.45, 7) is 5.89. The van der Waals surface area contributed by atoms with Gasteiger partial charge in [-0.2, -0.15) is 0 Å². The Morgan fingerprint density at radius 1 is 1.16 bits per heavy atom. The van der Waals surface area contributed by atoms with Crippen molar-refractivity contribution in [2.24, 2.45) is 0 Å². The maximum Gasteiger partial charge on any atom is 0.0317 e. The van der Waals surface area contributed by atoms with E-state index >= 15 is 0 Å². The Hall–Kier alpha value is -1.06. The van der Waals surface area contributed by atoms with E-state index in [4.69, 9.17) is 5.73 Å². The van der Waals surface area contributed by atoms with Gasteiger partial charge in [0.25, 0.3) is 0 Å². The van der Waals surface area contributed by atoms with Crippen LogP contribution in [0, 0.1) is 0 Å². The summed E-state index contributed by atoms with van der Waals surface area (Å²) in [7, 11) is 0. The minimum Gasteiger partial charge on any atom is -0.399 e. The number of hydrogen-bond acceptors (Lipinski definition) is 3. The van der Waals surface area contributed by atoms with Gasteiger partial charge in [0.2, 0.25) is 0 Å². The van der Waals surface area contributed by atoms with Crippen molar-refractivity contribution >= 4 is 5.69 Å². The molecule has 1 aromatic carbocycles. The summed E-state index contributed by atoms with van der Waals surface area (Å²) in [5.74, 6) is 0.722. The first-order valence-corrected chi connectivity index (χ1v) is 7.64. The van der Waals surface area contributed by atoms with Crippen LogP contribution < -0.4 is 11.1 Å². The number of nitrogens with two attached hydrogens (primary N) is 1. The van der Waals surface area contributed by atoms with Gasteiger partial charge in [-0.25, -0.2) is 0 Å². The maximum atomic E-state index is 6.00. The van der Waals surface area contributed by atoms with Crippen LogP contribution >= 0.6 is 0 Å². The third-order valence-electron chi connectivity index (χ3n) is 4.54. The summed E-state index contributed by atoms with van der Waals surface area (Å²) in [6.07, 6.45) is 5.23. The summed E-state index contributed by atoms with van der Waals surface area (Å²) < 4.78 is 0. The highest BCUT2D eigenvalue weighted by Gasteiger charge is 2.20. The van der Waals surface area contributed by atoms with Crippen LogP contribution in [0.2, 0.25) is 0 Å². The second-order valence-corrected chi connectivity index (χ2v) is 5.97. The highest BCUT2D eigenvalue weighted by molar-refractivity contribution is 5.46. The lowest BCUT2D eigenvalue weighted by atomic mass is 9.86. The zero-order chi connectivity index (χ0) is 13.1. The molecule has 1 aromatic rings. The van der Waals surface area contributed by atoms with Crippen molar-refractivity contribution in [1.29, 1.82) is 0 Å². The van der Waals surface area contributed by atoms with Crippen LogP contribution in [0.4, 0.5) is 5.69 Å². The lowest BCUT2D eigenvalue weighted by molar-refractivity contribution is 0.328. The van der Waals surface area contributed by atoms with Gasteiger partial charge in [0.15, 0.2) is 0 Å². The van der Waals surface area contributed by atoms with E-state index in [1.807, 2.05) is 0 Å². The predicted molar refractivity (Wildman–Crippen MR) is 80.2 cm³/mol. The molecule has 0 unspecified atom stereocenters. The molecule has 104 valence electrons. The Morgan fingerprint density at radius 2 is 1.89 bits per heavy atom. The van der Waals surface area contributed by atoms with Crippen molar-refractivity contribution in [3.63, 3.8) is 0 Å². The molecule has 0 radical (unpaired) electrons. The Balaban J connectivity index is 1.80. The van der Waals surface area contributed by atoms with E-state index in [1.165, 1.54) is 44.3 Å². The zero-order valence-electron chi connectivity index (χ0n) is 11.7. The molecule has 0 amide bonds. The molecular formula is C16H25N3. The van der Waals surface area contributed by atoms with E-state index in [0.717, 1.165) is 31.2 Å². The third-order valence-corrected chi connectivity index (χ3v) is 4.54. The Morgan fingerprint density at radius 3 is 2.63 bits per heavy atom. The number of piperidine rings is 1. The number of nitrogens with zero attached hydrogens (tertiary/aromatic N) is 1. The molecule has 3 rings (SSSR count). The van der Waals surface area contributed by atoms with Crippen LogP contribution in [0.15, 0.2) is 18.2 Å². The van der Waals surface area contributed by atoms with Crippen molar-refractivity contribution in [3.05, 3.63) is 29.3 Å². The van der Waals surface area contributed by atoms with E-state index in [-0.39, 0.29) is 0 Å².